The van der Waals surface area contributed by atoms with E-state index >= 15 is 0 Å². The SMILES string of the molecule is CNc1nc(Nc2ccc(C(=O)N3CCN(C[C@H]4CCCC(CBr)C4)CC3)cc2OC)ncc1Cl. The number of methoxy groups -OCH3 is 1. The zero-order valence-electron chi connectivity index (χ0n) is 20.4. The van der Waals surface area contributed by atoms with Crippen molar-refractivity contribution in [2.75, 3.05) is 62.8 Å². The summed E-state index contributed by atoms with van der Waals surface area (Å²) in [4.78, 5) is 26.3. The average Bonchev–Trinajstić information content (AvgIpc) is 2.90. The molecular formula is C25H34BrClN6O2. The van der Waals surface area contributed by atoms with Gasteiger partial charge in [0.05, 0.1) is 19.0 Å². The van der Waals surface area contributed by atoms with Crippen LogP contribution in [0.4, 0.5) is 17.5 Å². The van der Waals surface area contributed by atoms with Crippen LogP contribution in [-0.4, -0.2) is 77.9 Å². The quantitative estimate of drug-likeness (QED) is 0.441. The number of piperazine rings is 1. The van der Waals surface area contributed by atoms with Gasteiger partial charge in [-0.2, -0.15) is 4.98 Å². The number of aromatic nitrogens is 2. The smallest absolute Gasteiger partial charge is 0.254 e. The standard InChI is InChI=1S/C25H34BrClN6O2/c1-28-23-20(27)15-29-25(31-23)30-21-7-6-19(13-22(21)35-2)24(34)33-10-8-32(9-11-33)16-18-5-3-4-17(12-18)14-26/h6-7,13,15,17-18H,3-5,8-12,14,16H2,1-2H3,(H2,28,29,30,31)/t17?,18-/m0/s1. The molecule has 1 aromatic heterocycles. The first-order valence-corrected chi connectivity index (χ1v) is 13.7. The summed E-state index contributed by atoms with van der Waals surface area (Å²) < 4.78 is 5.55. The number of hydrogen-bond donors (Lipinski definition) is 2. The molecule has 2 aliphatic rings. The van der Waals surface area contributed by atoms with E-state index in [4.69, 9.17) is 16.3 Å². The van der Waals surface area contributed by atoms with Gasteiger partial charge in [-0.1, -0.05) is 34.0 Å². The highest BCUT2D eigenvalue weighted by Gasteiger charge is 2.27. The molecule has 10 heteroatoms. The Morgan fingerprint density at radius 2 is 2.00 bits per heavy atom. The zero-order valence-corrected chi connectivity index (χ0v) is 22.7. The molecule has 1 aliphatic heterocycles. The molecule has 1 amide bonds. The average molecular weight is 566 g/mol. The molecule has 190 valence electrons. The van der Waals surface area contributed by atoms with E-state index in [9.17, 15) is 4.79 Å². The highest BCUT2D eigenvalue weighted by molar-refractivity contribution is 9.09. The second-order valence-corrected chi connectivity index (χ2v) is 10.4. The van der Waals surface area contributed by atoms with Crippen molar-refractivity contribution in [3.63, 3.8) is 0 Å². The lowest BCUT2D eigenvalue weighted by Crippen LogP contribution is -2.50. The Morgan fingerprint density at radius 1 is 1.23 bits per heavy atom. The molecule has 2 fully saturated rings. The predicted octanol–water partition coefficient (Wildman–Crippen LogP) is 4.88. The molecule has 0 bridgehead atoms. The third kappa shape index (κ3) is 6.57. The maximum atomic E-state index is 13.2. The first-order chi connectivity index (χ1) is 17.0. The fourth-order valence-electron chi connectivity index (χ4n) is 5.04. The van der Waals surface area contributed by atoms with Crippen LogP contribution in [0.25, 0.3) is 0 Å². The zero-order chi connectivity index (χ0) is 24.8. The number of halogens is 2. The molecule has 2 N–H and O–H groups in total. The number of anilines is 3. The number of benzene rings is 1. The van der Waals surface area contributed by atoms with Crippen LogP contribution in [0.3, 0.4) is 0 Å². The van der Waals surface area contributed by atoms with Crippen LogP contribution >= 0.6 is 27.5 Å². The maximum Gasteiger partial charge on any atom is 0.254 e. The number of alkyl halides is 1. The largest absolute Gasteiger partial charge is 0.495 e. The van der Waals surface area contributed by atoms with E-state index in [0.717, 1.165) is 49.9 Å². The fourth-order valence-corrected chi connectivity index (χ4v) is 5.81. The summed E-state index contributed by atoms with van der Waals surface area (Å²) in [5.74, 6) is 3.10. The minimum Gasteiger partial charge on any atom is -0.495 e. The Labute approximate surface area is 220 Å². The highest BCUT2D eigenvalue weighted by atomic mass is 79.9. The van der Waals surface area contributed by atoms with Gasteiger partial charge in [-0.25, -0.2) is 4.98 Å². The molecule has 2 heterocycles. The van der Waals surface area contributed by atoms with Crippen LogP contribution in [0.5, 0.6) is 5.75 Å². The number of carbonyl (C=O) groups excluding carboxylic acids is 1. The van der Waals surface area contributed by atoms with E-state index in [2.05, 4.69) is 41.4 Å². The van der Waals surface area contributed by atoms with E-state index < -0.39 is 0 Å². The molecule has 1 aliphatic carbocycles. The van der Waals surface area contributed by atoms with Crippen molar-refractivity contribution in [2.45, 2.75) is 25.7 Å². The number of hydrogen-bond acceptors (Lipinski definition) is 7. The van der Waals surface area contributed by atoms with Gasteiger partial charge in [-0.05, 0) is 49.3 Å². The van der Waals surface area contributed by atoms with Gasteiger partial charge >= 0.3 is 0 Å². The Morgan fingerprint density at radius 3 is 2.71 bits per heavy atom. The molecule has 0 radical (unpaired) electrons. The second-order valence-electron chi connectivity index (χ2n) is 9.33. The molecule has 4 rings (SSSR count). The summed E-state index contributed by atoms with van der Waals surface area (Å²) in [5.41, 5.74) is 1.29. The van der Waals surface area contributed by atoms with E-state index in [1.807, 2.05) is 17.0 Å². The summed E-state index contributed by atoms with van der Waals surface area (Å²) >= 11 is 9.73. The fraction of sp³-hybridized carbons (Fsp3) is 0.560. The van der Waals surface area contributed by atoms with Crippen molar-refractivity contribution in [1.29, 1.82) is 0 Å². The summed E-state index contributed by atoms with van der Waals surface area (Å²) in [6.07, 6.45) is 6.88. The molecule has 2 atom stereocenters. The predicted molar refractivity (Wildman–Crippen MR) is 144 cm³/mol. The monoisotopic (exact) mass is 564 g/mol. The first-order valence-electron chi connectivity index (χ1n) is 12.2. The molecule has 0 spiro atoms. The molecular weight excluding hydrogens is 532 g/mol. The van der Waals surface area contributed by atoms with Crippen LogP contribution in [0, 0.1) is 11.8 Å². The molecule has 1 aromatic carbocycles. The minimum atomic E-state index is 0.0340. The highest BCUT2D eigenvalue weighted by Crippen LogP contribution is 2.32. The van der Waals surface area contributed by atoms with Crippen molar-refractivity contribution >= 4 is 50.9 Å². The summed E-state index contributed by atoms with van der Waals surface area (Å²) in [6, 6.07) is 5.41. The Kier molecular flexibility index (Phi) is 9.08. The van der Waals surface area contributed by atoms with E-state index in [-0.39, 0.29) is 5.91 Å². The molecule has 35 heavy (non-hydrogen) atoms. The van der Waals surface area contributed by atoms with Gasteiger partial charge in [0.25, 0.3) is 5.91 Å². The topological polar surface area (TPSA) is 82.6 Å². The van der Waals surface area contributed by atoms with Gasteiger partial charge in [-0.3, -0.25) is 9.69 Å². The van der Waals surface area contributed by atoms with Gasteiger partial charge in [0.2, 0.25) is 5.95 Å². The molecule has 1 unspecified atom stereocenters. The third-order valence-electron chi connectivity index (χ3n) is 6.96. The van der Waals surface area contributed by atoms with Crippen molar-refractivity contribution in [3.05, 3.63) is 35.0 Å². The van der Waals surface area contributed by atoms with E-state index in [1.54, 1.807) is 20.2 Å². The lowest BCUT2D eigenvalue weighted by atomic mass is 9.82. The van der Waals surface area contributed by atoms with Gasteiger partial charge in [0.15, 0.2) is 0 Å². The van der Waals surface area contributed by atoms with Crippen molar-refractivity contribution in [1.82, 2.24) is 19.8 Å². The van der Waals surface area contributed by atoms with Gasteiger partial charge in [-0.15, -0.1) is 0 Å². The molecule has 2 aromatic rings. The number of nitrogens with one attached hydrogen (secondary N) is 2. The number of carbonyl (C=O) groups is 1. The van der Waals surface area contributed by atoms with E-state index in [0.29, 0.717) is 33.8 Å². The summed E-state index contributed by atoms with van der Waals surface area (Å²) in [5, 5.41) is 7.63. The maximum absolute atomic E-state index is 13.2. The normalized spacial score (nSPS) is 21.0. The lowest BCUT2D eigenvalue weighted by molar-refractivity contribution is 0.0598. The Balaban J connectivity index is 1.35. The van der Waals surface area contributed by atoms with Crippen LogP contribution in [0.1, 0.15) is 36.0 Å². The van der Waals surface area contributed by atoms with E-state index in [1.165, 1.54) is 31.9 Å². The molecule has 1 saturated heterocycles. The van der Waals surface area contributed by atoms with Crippen LogP contribution in [-0.2, 0) is 0 Å². The molecule has 1 saturated carbocycles. The third-order valence-corrected chi connectivity index (χ3v) is 8.15. The van der Waals surface area contributed by atoms with Crippen LogP contribution in [0.2, 0.25) is 5.02 Å². The van der Waals surface area contributed by atoms with Gasteiger partial charge in [0.1, 0.15) is 16.6 Å². The number of amides is 1. The second kappa shape index (κ2) is 12.2. The summed E-state index contributed by atoms with van der Waals surface area (Å²) in [6.45, 7) is 4.52. The van der Waals surface area contributed by atoms with Crippen molar-refractivity contribution in [2.24, 2.45) is 11.8 Å². The number of rotatable bonds is 8. The van der Waals surface area contributed by atoms with Crippen molar-refractivity contribution in [3.8, 4) is 5.75 Å². The van der Waals surface area contributed by atoms with Crippen molar-refractivity contribution < 1.29 is 9.53 Å². The lowest BCUT2D eigenvalue weighted by Gasteiger charge is -2.38. The number of ether oxygens (including phenoxy) is 1. The first kappa shape index (κ1) is 26.0. The Hall–Kier alpha value is -2.10. The van der Waals surface area contributed by atoms with Gasteiger partial charge in [0, 0.05) is 50.7 Å². The summed E-state index contributed by atoms with van der Waals surface area (Å²) in [7, 11) is 3.33. The van der Waals surface area contributed by atoms with Crippen LogP contribution in [0.15, 0.2) is 24.4 Å². The number of nitrogens with zero attached hydrogens (tertiary/aromatic N) is 4. The van der Waals surface area contributed by atoms with Crippen LogP contribution < -0.4 is 15.4 Å². The minimum absolute atomic E-state index is 0.0340. The van der Waals surface area contributed by atoms with Gasteiger partial charge < -0.3 is 20.3 Å². The molecule has 8 nitrogen and oxygen atoms in total. The Bertz CT molecular complexity index is 1020.